The maximum Gasteiger partial charge on any atom is 0.261 e. The third-order valence-corrected chi connectivity index (χ3v) is 4.27. The molecular formula is C22H22N2O2. The normalized spacial score (nSPS) is 10.5. The van der Waals surface area contributed by atoms with Gasteiger partial charge in [-0.15, -0.1) is 0 Å². The monoisotopic (exact) mass is 346 g/mol. The molecule has 0 unspecified atom stereocenters. The van der Waals surface area contributed by atoms with Gasteiger partial charge in [-0.2, -0.15) is 0 Å². The molecule has 3 rings (SSSR count). The van der Waals surface area contributed by atoms with Gasteiger partial charge < -0.3 is 10.3 Å². The van der Waals surface area contributed by atoms with Crippen molar-refractivity contribution in [3.63, 3.8) is 0 Å². The first-order chi connectivity index (χ1) is 12.7. The van der Waals surface area contributed by atoms with Crippen molar-refractivity contribution in [1.29, 1.82) is 0 Å². The molecule has 0 saturated carbocycles. The molecule has 4 heteroatoms. The van der Waals surface area contributed by atoms with Crippen LogP contribution in [0.15, 0.2) is 71.5 Å². The van der Waals surface area contributed by atoms with Crippen LogP contribution in [0.3, 0.4) is 0 Å². The number of hydrogen-bond donors (Lipinski definition) is 2. The summed E-state index contributed by atoms with van der Waals surface area (Å²) in [5.41, 5.74) is 3.63. The average Bonchev–Trinajstić information content (AvgIpc) is 2.69. The van der Waals surface area contributed by atoms with E-state index in [4.69, 9.17) is 0 Å². The number of aromatic nitrogens is 1. The molecular weight excluding hydrogens is 324 g/mol. The fourth-order valence-corrected chi connectivity index (χ4v) is 2.77. The van der Waals surface area contributed by atoms with Gasteiger partial charge in [0.1, 0.15) is 5.56 Å². The van der Waals surface area contributed by atoms with E-state index in [0.717, 1.165) is 29.5 Å². The Balaban J connectivity index is 1.79. The highest BCUT2D eigenvalue weighted by Crippen LogP contribution is 2.23. The van der Waals surface area contributed by atoms with Crippen LogP contribution in [0.4, 0.5) is 0 Å². The second-order valence-corrected chi connectivity index (χ2v) is 6.17. The summed E-state index contributed by atoms with van der Waals surface area (Å²) in [6, 6.07) is 21.4. The number of carbonyl (C=O) groups is 1. The molecule has 1 amide bonds. The number of rotatable bonds is 6. The molecule has 2 aromatic carbocycles. The van der Waals surface area contributed by atoms with Crippen LogP contribution in [0.1, 0.15) is 30.1 Å². The summed E-state index contributed by atoms with van der Waals surface area (Å²) in [5, 5.41) is 2.77. The van der Waals surface area contributed by atoms with Crippen molar-refractivity contribution in [2.75, 3.05) is 6.54 Å². The molecule has 0 saturated heterocycles. The summed E-state index contributed by atoms with van der Waals surface area (Å²) < 4.78 is 0. The third kappa shape index (κ3) is 4.09. The molecule has 26 heavy (non-hydrogen) atoms. The van der Waals surface area contributed by atoms with Crippen LogP contribution >= 0.6 is 0 Å². The molecule has 0 aliphatic carbocycles. The van der Waals surface area contributed by atoms with Crippen molar-refractivity contribution in [3.8, 4) is 22.4 Å². The number of pyridine rings is 1. The standard InChI is InChI=1S/C22H22N2O2/c1-2-3-15-23-21(25)19-13-14-20(24-22(19)26)18-11-9-17(10-12-18)16-7-5-4-6-8-16/h4-14H,2-3,15H2,1H3,(H,23,25)(H,24,26). The fourth-order valence-electron chi connectivity index (χ4n) is 2.77. The highest BCUT2D eigenvalue weighted by molar-refractivity contribution is 5.94. The maximum atomic E-state index is 12.3. The van der Waals surface area contributed by atoms with Crippen LogP contribution in [0.25, 0.3) is 22.4 Å². The van der Waals surface area contributed by atoms with Crippen molar-refractivity contribution in [2.24, 2.45) is 0 Å². The topological polar surface area (TPSA) is 62.0 Å². The number of amides is 1. The SMILES string of the molecule is CCCCNC(=O)c1ccc(-c2ccc(-c3ccccc3)cc2)[nH]c1=O. The number of nitrogens with one attached hydrogen (secondary N) is 2. The van der Waals surface area contributed by atoms with Gasteiger partial charge in [0.2, 0.25) is 0 Å². The predicted molar refractivity (Wildman–Crippen MR) is 105 cm³/mol. The summed E-state index contributed by atoms with van der Waals surface area (Å²) in [7, 11) is 0. The third-order valence-electron chi connectivity index (χ3n) is 4.27. The first-order valence-electron chi connectivity index (χ1n) is 8.86. The minimum Gasteiger partial charge on any atom is -0.352 e. The Labute approximate surface area is 152 Å². The van der Waals surface area contributed by atoms with E-state index in [9.17, 15) is 9.59 Å². The van der Waals surface area contributed by atoms with Crippen molar-refractivity contribution in [1.82, 2.24) is 10.3 Å². The quantitative estimate of drug-likeness (QED) is 0.656. The number of hydrogen-bond acceptors (Lipinski definition) is 2. The molecule has 0 atom stereocenters. The van der Waals surface area contributed by atoms with Crippen LogP contribution in [-0.4, -0.2) is 17.4 Å². The Morgan fingerprint density at radius 3 is 2.19 bits per heavy atom. The van der Waals surface area contributed by atoms with Gasteiger partial charge in [0, 0.05) is 12.2 Å². The lowest BCUT2D eigenvalue weighted by Gasteiger charge is -2.07. The molecule has 0 aliphatic heterocycles. The van der Waals surface area contributed by atoms with Crippen molar-refractivity contribution < 1.29 is 4.79 Å². The number of carbonyl (C=O) groups excluding carboxylic acids is 1. The summed E-state index contributed by atoms with van der Waals surface area (Å²) in [5.74, 6) is -0.328. The van der Waals surface area contributed by atoms with Crippen LogP contribution in [-0.2, 0) is 0 Å². The molecule has 1 aromatic heterocycles. The van der Waals surface area contributed by atoms with Crippen LogP contribution in [0.2, 0.25) is 0 Å². The summed E-state index contributed by atoms with van der Waals surface area (Å²) in [4.78, 5) is 27.1. The van der Waals surface area contributed by atoms with Gasteiger partial charge in [0.25, 0.3) is 11.5 Å². The lowest BCUT2D eigenvalue weighted by atomic mass is 10.0. The van der Waals surface area contributed by atoms with Gasteiger partial charge in [-0.1, -0.05) is 67.9 Å². The summed E-state index contributed by atoms with van der Waals surface area (Å²) in [6.07, 6.45) is 1.89. The van der Waals surface area contributed by atoms with Crippen LogP contribution < -0.4 is 10.9 Å². The molecule has 0 spiro atoms. The Hall–Kier alpha value is -3.14. The molecule has 1 heterocycles. The van der Waals surface area contributed by atoms with E-state index < -0.39 is 0 Å². The molecule has 3 aromatic rings. The van der Waals surface area contributed by atoms with Crippen LogP contribution in [0.5, 0.6) is 0 Å². The minimum absolute atomic E-state index is 0.144. The van der Waals surface area contributed by atoms with E-state index in [-0.39, 0.29) is 17.0 Å². The van der Waals surface area contributed by atoms with Gasteiger partial charge in [-0.3, -0.25) is 9.59 Å². The molecule has 0 radical (unpaired) electrons. The molecule has 0 bridgehead atoms. The summed E-state index contributed by atoms with van der Waals surface area (Å²) in [6.45, 7) is 2.63. The van der Waals surface area contributed by atoms with Gasteiger partial charge in [0.05, 0.1) is 0 Å². The Morgan fingerprint density at radius 2 is 1.54 bits per heavy atom. The highest BCUT2D eigenvalue weighted by atomic mass is 16.2. The number of H-pyrrole nitrogens is 1. The van der Waals surface area contributed by atoms with E-state index in [1.54, 1.807) is 12.1 Å². The first kappa shape index (κ1) is 17.7. The maximum absolute atomic E-state index is 12.3. The zero-order chi connectivity index (χ0) is 18.4. The first-order valence-corrected chi connectivity index (χ1v) is 8.86. The molecule has 2 N–H and O–H groups in total. The molecule has 132 valence electrons. The summed E-state index contributed by atoms with van der Waals surface area (Å²) >= 11 is 0. The van der Waals surface area contributed by atoms with Crippen molar-refractivity contribution in [2.45, 2.75) is 19.8 Å². The van der Waals surface area contributed by atoms with E-state index in [0.29, 0.717) is 12.2 Å². The van der Waals surface area contributed by atoms with Gasteiger partial charge in [-0.25, -0.2) is 0 Å². The number of aromatic amines is 1. The highest BCUT2D eigenvalue weighted by Gasteiger charge is 2.11. The largest absolute Gasteiger partial charge is 0.352 e. The van der Waals surface area contributed by atoms with E-state index in [2.05, 4.69) is 29.4 Å². The van der Waals surface area contributed by atoms with E-state index >= 15 is 0 Å². The number of benzene rings is 2. The zero-order valence-electron chi connectivity index (χ0n) is 14.8. The van der Waals surface area contributed by atoms with Gasteiger partial charge in [-0.05, 0) is 35.2 Å². The molecule has 0 fully saturated rings. The fraction of sp³-hybridized carbons (Fsp3) is 0.182. The lowest BCUT2D eigenvalue weighted by molar-refractivity contribution is 0.0951. The number of unbranched alkanes of at least 4 members (excludes halogenated alkanes) is 1. The van der Waals surface area contributed by atoms with Crippen LogP contribution in [0, 0.1) is 0 Å². The van der Waals surface area contributed by atoms with E-state index in [1.165, 1.54) is 0 Å². The second-order valence-electron chi connectivity index (χ2n) is 6.17. The Bertz CT molecular complexity index is 928. The Kier molecular flexibility index (Phi) is 5.64. The lowest BCUT2D eigenvalue weighted by Crippen LogP contribution is -2.30. The molecule has 0 aliphatic rings. The van der Waals surface area contributed by atoms with Crippen molar-refractivity contribution in [3.05, 3.63) is 82.6 Å². The smallest absolute Gasteiger partial charge is 0.261 e. The zero-order valence-corrected chi connectivity index (χ0v) is 14.8. The predicted octanol–water partition coefficient (Wildman–Crippen LogP) is 4.24. The van der Waals surface area contributed by atoms with Crippen molar-refractivity contribution >= 4 is 5.91 Å². The Morgan fingerprint density at radius 1 is 0.885 bits per heavy atom. The average molecular weight is 346 g/mol. The molecule has 4 nitrogen and oxygen atoms in total. The van der Waals surface area contributed by atoms with E-state index in [1.807, 2.05) is 42.5 Å². The second kappa shape index (κ2) is 8.30. The minimum atomic E-state index is -0.372. The van der Waals surface area contributed by atoms with Gasteiger partial charge >= 0.3 is 0 Å². The van der Waals surface area contributed by atoms with Gasteiger partial charge in [0.15, 0.2) is 0 Å².